The van der Waals surface area contributed by atoms with Crippen molar-refractivity contribution in [3.63, 3.8) is 0 Å². The van der Waals surface area contributed by atoms with Crippen LogP contribution >= 0.6 is 0 Å². The first-order valence-corrected chi connectivity index (χ1v) is 8.82. The molecule has 0 saturated carbocycles. The molecule has 9 heteroatoms. The molecule has 28 heavy (non-hydrogen) atoms. The van der Waals surface area contributed by atoms with E-state index in [1.54, 1.807) is 13.8 Å². The number of benzene rings is 1. The summed E-state index contributed by atoms with van der Waals surface area (Å²) in [5.74, 6) is 0.487. The molecular formula is C19H21N5O4. The Morgan fingerprint density at radius 3 is 2.50 bits per heavy atom. The van der Waals surface area contributed by atoms with Gasteiger partial charge in [-0.3, -0.25) is 4.57 Å². The van der Waals surface area contributed by atoms with Gasteiger partial charge in [-0.1, -0.05) is 30.3 Å². The predicted octanol–water partition coefficient (Wildman–Crippen LogP) is 1.55. The zero-order valence-electron chi connectivity index (χ0n) is 15.4. The molecule has 0 aliphatic carbocycles. The monoisotopic (exact) mass is 383 g/mol. The van der Waals surface area contributed by atoms with Crippen molar-refractivity contribution in [2.24, 2.45) is 0 Å². The Kier molecular flexibility index (Phi) is 4.50. The van der Waals surface area contributed by atoms with Gasteiger partial charge in [0.05, 0.1) is 6.33 Å². The first-order valence-electron chi connectivity index (χ1n) is 8.82. The molecule has 1 saturated heterocycles. The summed E-state index contributed by atoms with van der Waals surface area (Å²) < 4.78 is 7.25. The lowest BCUT2D eigenvalue weighted by Gasteiger charge is -2.17. The number of nitrogens with two attached hydrogens (primary N) is 1. The summed E-state index contributed by atoms with van der Waals surface area (Å²) in [6, 6.07) is 9.33. The molecule has 146 valence electrons. The summed E-state index contributed by atoms with van der Waals surface area (Å²) in [5, 5.41) is 31.1. The Morgan fingerprint density at radius 1 is 1.11 bits per heavy atom. The molecule has 0 bridgehead atoms. The van der Waals surface area contributed by atoms with E-state index in [1.807, 2.05) is 30.3 Å². The van der Waals surface area contributed by atoms with E-state index in [2.05, 4.69) is 15.0 Å². The maximum absolute atomic E-state index is 10.5. The van der Waals surface area contributed by atoms with Gasteiger partial charge in [-0.2, -0.15) is 0 Å². The molecule has 1 fully saturated rings. The Balaban J connectivity index is 1.79. The molecule has 0 spiro atoms. The summed E-state index contributed by atoms with van der Waals surface area (Å²) in [4.78, 5) is 13.1. The zero-order chi connectivity index (χ0) is 20.0. The fourth-order valence-corrected chi connectivity index (χ4v) is 3.24. The van der Waals surface area contributed by atoms with Crippen molar-refractivity contribution >= 4 is 17.0 Å². The fourth-order valence-electron chi connectivity index (χ4n) is 3.24. The molecule has 1 aliphatic heterocycles. The molecule has 0 radical (unpaired) electrons. The third kappa shape index (κ3) is 2.89. The van der Waals surface area contributed by atoms with E-state index in [4.69, 9.17) is 10.5 Å². The van der Waals surface area contributed by atoms with Gasteiger partial charge in [0.2, 0.25) is 0 Å². The number of ether oxygens (including phenoxy) is 1. The number of aliphatic hydroxyl groups is 3. The lowest BCUT2D eigenvalue weighted by Crippen LogP contribution is -2.32. The predicted molar refractivity (Wildman–Crippen MR) is 102 cm³/mol. The molecule has 4 rings (SSSR count). The van der Waals surface area contributed by atoms with Crippen LogP contribution in [0.4, 0.5) is 5.82 Å². The van der Waals surface area contributed by atoms with Crippen LogP contribution in [-0.2, 0) is 4.74 Å². The summed E-state index contributed by atoms with van der Waals surface area (Å²) in [5.41, 5.74) is 8.14. The van der Waals surface area contributed by atoms with Crippen LogP contribution in [-0.4, -0.2) is 53.2 Å². The third-order valence-corrected chi connectivity index (χ3v) is 4.77. The molecule has 4 atom stereocenters. The van der Waals surface area contributed by atoms with Crippen molar-refractivity contribution in [3.05, 3.63) is 48.0 Å². The van der Waals surface area contributed by atoms with E-state index >= 15 is 0 Å². The van der Waals surface area contributed by atoms with Crippen LogP contribution in [0.5, 0.6) is 0 Å². The molecule has 0 amide bonds. The van der Waals surface area contributed by atoms with Crippen LogP contribution in [0.2, 0.25) is 0 Å². The summed E-state index contributed by atoms with van der Waals surface area (Å²) in [6.45, 7) is 3.38. The maximum Gasteiger partial charge on any atom is 0.168 e. The molecule has 1 aromatic carbocycles. The van der Waals surface area contributed by atoms with Gasteiger partial charge in [0.15, 0.2) is 23.5 Å². The minimum atomic E-state index is -1.30. The molecule has 9 nitrogen and oxygen atoms in total. The van der Waals surface area contributed by atoms with Crippen molar-refractivity contribution in [2.75, 3.05) is 5.73 Å². The lowest BCUT2D eigenvalue weighted by atomic mass is 10.1. The van der Waals surface area contributed by atoms with Crippen LogP contribution in [0.15, 0.2) is 48.0 Å². The van der Waals surface area contributed by atoms with Crippen LogP contribution < -0.4 is 5.73 Å². The first kappa shape index (κ1) is 18.4. The van der Waals surface area contributed by atoms with Gasteiger partial charge in [-0.05, 0) is 19.4 Å². The van der Waals surface area contributed by atoms with E-state index in [9.17, 15) is 15.3 Å². The number of anilines is 1. The van der Waals surface area contributed by atoms with Crippen molar-refractivity contribution in [1.82, 2.24) is 19.5 Å². The Hall–Kier alpha value is -3.01. The number of fused-ring (bicyclic) bond motifs is 1. The molecule has 3 aromatic rings. The van der Waals surface area contributed by atoms with E-state index < -0.39 is 24.5 Å². The highest BCUT2D eigenvalue weighted by Crippen LogP contribution is 2.35. The van der Waals surface area contributed by atoms with Gasteiger partial charge in [-0.25, -0.2) is 15.0 Å². The number of rotatable bonds is 3. The lowest BCUT2D eigenvalue weighted by molar-refractivity contribution is -0.0345. The third-order valence-electron chi connectivity index (χ3n) is 4.77. The van der Waals surface area contributed by atoms with Gasteiger partial charge < -0.3 is 25.8 Å². The van der Waals surface area contributed by atoms with Gasteiger partial charge >= 0.3 is 0 Å². The van der Waals surface area contributed by atoms with E-state index in [1.165, 1.54) is 10.9 Å². The van der Waals surface area contributed by atoms with Crippen molar-refractivity contribution in [1.29, 1.82) is 0 Å². The second-order valence-electron chi connectivity index (χ2n) is 6.94. The minimum absolute atomic E-state index is 0.113. The minimum Gasteiger partial charge on any atom is -0.510 e. The summed E-state index contributed by atoms with van der Waals surface area (Å²) in [7, 11) is 0. The van der Waals surface area contributed by atoms with Crippen molar-refractivity contribution in [2.45, 2.75) is 38.4 Å². The SMILES string of the molecule is CC(C)=C(O)[C@H]1O[C@@H](n2cnc3c(N)nc(-c4ccccc4)nc32)[C@H](O)[C@@H]1O. The largest absolute Gasteiger partial charge is 0.510 e. The molecule has 0 unspecified atom stereocenters. The maximum atomic E-state index is 10.5. The highest BCUT2D eigenvalue weighted by atomic mass is 16.6. The number of hydrogen-bond acceptors (Lipinski definition) is 8. The standard InChI is InChI=1S/C19H21N5O4/c1-9(2)12(25)15-13(26)14(27)19(28-15)24-8-21-11-16(20)22-17(23-18(11)24)10-6-4-3-5-7-10/h3-8,13-15,19,25-27H,1-2H3,(H2,20,22,23)/t13-,14+,15+,19+/m0/s1. The quantitative estimate of drug-likeness (QED) is 0.500. The number of hydrogen-bond donors (Lipinski definition) is 4. The highest BCUT2D eigenvalue weighted by molar-refractivity contribution is 5.83. The van der Waals surface area contributed by atoms with Crippen LogP contribution in [0.25, 0.3) is 22.6 Å². The molecule has 2 aromatic heterocycles. The second kappa shape index (κ2) is 6.86. The van der Waals surface area contributed by atoms with Crippen LogP contribution in [0, 0.1) is 0 Å². The number of imidazole rings is 1. The normalized spacial score (nSPS) is 24.6. The topological polar surface area (TPSA) is 140 Å². The van der Waals surface area contributed by atoms with E-state index in [0.29, 0.717) is 22.6 Å². The number of nitrogen functional groups attached to an aromatic ring is 1. The van der Waals surface area contributed by atoms with Crippen molar-refractivity contribution in [3.8, 4) is 11.4 Å². The van der Waals surface area contributed by atoms with Gasteiger partial charge in [0.25, 0.3) is 0 Å². The molecule has 1 aliphatic rings. The average Bonchev–Trinajstić information content (AvgIpc) is 3.24. The number of aliphatic hydroxyl groups excluding tert-OH is 3. The summed E-state index contributed by atoms with van der Waals surface area (Å²) >= 11 is 0. The van der Waals surface area contributed by atoms with E-state index in [-0.39, 0.29) is 11.6 Å². The van der Waals surface area contributed by atoms with Gasteiger partial charge in [0, 0.05) is 5.56 Å². The zero-order valence-corrected chi connectivity index (χ0v) is 15.4. The number of allylic oxidation sites excluding steroid dienone is 1. The van der Waals surface area contributed by atoms with Gasteiger partial charge in [-0.15, -0.1) is 0 Å². The Labute approximate surface area is 160 Å². The van der Waals surface area contributed by atoms with Gasteiger partial charge in [0.1, 0.15) is 29.6 Å². The van der Waals surface area contributed by atoms with E-state index in [0.717, 1.165) is 5.56 Å². The van der Waals surface area contributed by atoms with Crippen LogP contribution in [0.3, 0.4) is 0 Å². The molecule has 3 heterocycles. The second-order valence-corrected chi connectivity index (χ2v) is 6.94. The number of aromatic nitrogens is 4. The summed E-state index contributed by atoms with van der Waals surface area (Å²) in [6.07, 6.45) is -3.21. The number of nitrogens with zero attached hydrogens (tertiary/aromatic N) is 4. The smallest absolute Gasteiger partial charge is 0.168 e. The average molecular weight is 383 g/mol. The Bertz CT molecular complexity index is 1050. The molecular weight excluding hydrogens is 362 g/mol. The van der Waals surface area contributed by atoms with Crippen LogP contribution in [0.1, 0.15) is 20.1 Å². The Morgan fingerprint density at radius 2 is 1.82 bits per heavy atom. The fraction of sp³-hybridized carbons (Fsp3) is 0.316. The van der Waals surface area contributed by atoms with Crippen molar-refractivity contribution < 1.29 is 20.1 Å². The molecule has 5 N–H and O–H groups in total. The highest BCUT2D eigenvalue weighted by Gasteiger charge is 2.46. The first-order chi connectivity index (χ1) is 13.4.